The van der Waals surface area contributed by atoms with Crippen molar-refractivity contribution in [1.82, 2.24) is 5.32 Å². The zero-order chi connectivity index (χ0) is 14.5. The molecule has 0 atom stereocenters. The molecule has 1 heterocycles. The van der Waals surface area contributed by atoms with E-state index >= 15 is 0 Å². The molecular weight excluding hydrogens is 350 g/mol. The van der Waals surface area contributed by atoms with Crippen molar-refractivity contribution in [2.24, 2.45) is 0 Å². The van der Waals surface area contributed by atoms with Gasteiger partial charge in [-0.1, -0.05) is 27.5 Å². The molecule has 0 spiro atoms. The quantitative estimate of drug-likeness (QED) is 0.912. The summed E-state index contributed by atoms with van der Waals surface area (Å²) in [5, 5.41) is 2.50. The Morgan fingerprint density at radius 1 is 1.35 bits per heavy atom. The predicted molar refractivity (Wildman–Crippen MR) is 75.8 cm³/mol. The largest absolute Gasteiger partial charge is 0.482 e. The van der Waals surface area contributed by atoms with Crippen LogP contribution in [0.5, 0.6) is 5.75 Å². The summed E-state index contributed by atoms with van der Waals surface area (Å²) < 4.78 is 10.9. The minimum Gasteiger partial charge on any atom is -0.482 e. The lowest BCUT2D eigenvalue weighted by Crippen LogP contribution is -2.34. The number of halogens is 2. The van der Waals surface area contributed by atoms with Crippen LogP contribution >= 0.6 is 27.5 Å². The maximum atomic E-state index is 11.5. The summed E-state index contributed by atoms with van der Waals surface area (Å²) in [5.74, 6) is -0.800. The molecule has 0 saturated heterocycles. The maximum absolute atomic E-state index is 11.5. The van der Waals surface area contributed by atoms with Crippen LogP contribution in [-0.4, -0.2) is 18.4 Å². The van der Waals surface area contributed by atoms with Crippen LogP contribution in [0.1, 0.15) is 10.6 Å². The molecule has 0 aliphatic carbocycles. The van der Waals surface area contributed by atoms with Crippen molar-refractivity contribution in [2.75, 3.05) is 6.61 Å². The van der Waals surface area contributed by atoms with Crippen molar-refractivity contribution >= 4 is 39.3 Å². The lowest BCUT2D eigenvalue weighted by Gasteiger charge is -2.07. The average Bonchev–Trinajstić information content (AvgIpc) is 2.91. The molecule has 0 bridgehead atoms. The minimum absolute atomic E-state index is 0.0556. The van der Waals surface area contributed by atoms with E-state index < -0.39 is 11.8 Å². The van der Waals surface area contributed by atoms with Crippen molar-refractivity contribution in [1.29, 1.82) is 0 Å². The molecular formula is C13H9BrClNO4. The van der Waals surface area contributed by atoms with Crippen molar-refractivity contribution < 1.29 is 18.7 Å². The molecule has 0 aliphatic rings. The van der Waals surface area contributed by atoms with Gasteiger partial charge in [0.05, 0.1) is 11.3 Å². The first-order chi connectivity index (χ1) is 9.56. The zero-order valence-corrected chi connectivity index (χ0v) is 12.4. The number of hydrogen-bond donors (Lipinski definition) is 1. The van der Waals surface area contributed by atoms with Crippen LogP contribution in [0, 0.1) is 0 Å². The SMILES string of the molecule is O=C(COc1ccc(Br)cc1Cl)NC(=O)c1ccco1. The van der Waals surface area contributed by atoms with Gasteiger partial charge in [-0.15, -0.1) is 0 Å². The second-order valence-corrected chi connectivity index (χ2v) is 5.04. The molecule has 2 amide bonds. The molecule has 0 aliphatic heterocycles. The number of carbonyl (C=O) groups excluding carboxylic acids is 2. The number of amides is 2. The third kappa shape index (κ3) is 3.85. The number of hydrogen-bond acceptors (Lipinski definition) is 4. The summed E-state index contributed by atoms with van der Waals surface area (Å²) in [7, 11) is 0. The molecule has 0 saturated carbocycles. The summed E-state index contributed by atoms with van der Waals surface area (Å²) >= 11 is 9.19. The first-order valence-electron chi connectivity index (χ1n) is 5.52. The van der Waals surface area contributed by atoms with Gasteiger partial charge in [-0.3, -0.25) is 14.9 Å². The number of ether oxygens (including phenoxy) is 1. The summed E-state index contributed by atoms with van der Waals surface area (Å²) in [6, 6.07) is 8.00. The topological polar surface area (TPSA) is 68.5 Å². The highest BCUT2D eigenvalue weighted by molar-refractivity contribution is 9.10. The summed E-state index contributed by atoms with van der Waals surface area (Å²) in [4.78, 5) is 23.1. The zero-order valence-electron chi connectivity index (χ0n) is 10.1. The molecule has 104 valence electrons. The Hall–Kier alpha value is -1.79. The van der Waals surface area contributed by atoms with Gasteiger partial charge in [0.25, 0.3) is 11.8 Å². The van der Waals surface area contributed by atoms with Crippen LogP contribution in [0.25, 0.3) is 0 Å². The van der Waals surface area contributed by atoms with E-state index in [-0.39, 0.29) is 12.4 Å². The molecule has 0 fully saturated rings. The van der Waals surface area contributed by atoms with E-state index in [9.17, 15) is 9.59 Å². The maximum Gasteiger partial charge on any atom is 0.293 e. The van der Waals surface area contributed by atoms with Gasteiger partial charge < -0.3 is 9.15 Å². The first kappa shape index (κ1) is 14.6. The highest BCUT2D eigenvalue weighted by Gasteiger charge is 2.13. The number of rotatable bonds is 4. The van der Waals surface area contributed by atoms with Crippen LogP contribution in [0.2, 0.25) is 5.02 Å². The Labute approximate surface area is 128 Å². The number of nitrogens with one attached hydrogen (secondary N) is 1. The first-order valence-corrected chi connectivity index (χ1v) is 6.69. The Balaban J connectivity index is 1.88. The van der Waals surface area contributed by atoms with Gasteiger partial charge in [-0.05, 0) is 30.3 Å². The monoisotopic (exact) mass is 357 g/mol. The minimum atomic E-state index is -0.620. The molecule has 2 aromatic rings. The Kier molecular flexibility index (Phi) is 4.81. The number of carbonyl (C=O) groups is 2. The van der Waals surface area contributed by atoms with E-state index in [4.69, 9.17) is 20.8 Å². The number of furan rings is 1. The van der Waals surface area contributed by atoms with Crippen molar-refractivity contribution in [3.8, 4) is 5.75 Å². The van der Waals surface area contributed by atoms with Crippen LogP contribution in [0.3, 0.4) is 0 Å². The normalized spacial score (nSPS) is 10.1. The van der Waals surface area contributed by atoms with Gasteiger partial charge in [0, 0.05) is 4.47 Å². The van der Waals surface area contributed by atoms with Gasteiger partial charge in [0.15, 0.2) is 12.4 Å². The van der Waals surface area contributed by atoms with Gasteiger partial charge in [0.1, 0.15) is 5.75 Å². The Morgan fingerprint density at radius 3 is 2.80 bits per heavy atom. The molecule has 2 rings (SSSR count). The lowest BCUT2D eigenvalue weighted by molar-refractivity contribution is -0.122. The fourth-order valence-corrected chi connectivity index (χ4v) is 2.10. The van der Waals surface area contributed by atoms with Crippen molar-refractivity contribution in [3.05, 3.63) is 51.9 Å². The molecule has 5 nitrogen and oxygen atoms in total. The Morgan fingerprint density at radius 2 is 2.15 bits per heavy atom. The van der Waals surface area contributed by atoms with Crippen LogP contribution in [0.4, 0.5) is 0 Å². The van der Waals surface area contributed by atoms with E-state index in [1.165, 1.54) is 12.3 Å². The van der Waals surface area contributed by atoms with E-state index in [0.717, 1.165) is 4.47 Å². The molecule has 1 N–H and O–H groups in total. The van der Waals surface area contributed by atoms with E-state index in [0.29, 0.717) is 10.8 Å². The smallest absolute Gasteiger partial charge is 0.293 e. The molecule has 7 heteroatoms. The lowest BCUT2D eigenvalue weighted by atomic mass is 10.3. The second kappa shape index (κ2) is 6.58. The molecule has 20 heavy (non-hydrogen) atoms. The van der Waals surface area contributed by atoms with Crippen LogP contribution < -0.4 is 10.1 Å². The van der Waals surface area contributed by atoms with Crippen LogP contribution in [-0.2, 0) is 4.79 Å². The number of benzene rings is 1. The van der Waals surface area contributed by atoms with E-state index in [2.05, 4.69) is 21.2 Å². The highest BCUT2D eigenvalue weighted by atomic mass is 79.9. The third-order valence-electron chi connectivity index (χ3n) is 2.25. The van der Waals surface area contributed by atoms with Crippen molar-refractivity contribution in [3.63, 3.8) is 0 Å². The van der Waals surface area contributed by atoms with Gasteiger partial charge in [0.2, 0.25) is 0 Å². The van der Waals surface area contributed by atoms with Gasteiger partial charge in [-0.2, -0.15) is 0 Å². The third-order valence-corrected chi connectivity index (χ3v) is 3.04. The molecule has 0 unspecified atom stereocenters. The van der Waals surface area contributed by atoms with Crippen LogP contribution in [0.15, 0.2) is 45.5 Å². The predicted octanol–water partition coefficient (Wildman–Crippen LogP) is 3.03. The summed E-state index contributed by atoms with van der Waals surface area (Å²) in [5.41, 5.74) is 0. The fourth-order valence-electron chi connectivity index (χ4n) is 1.37. The number of imide groups is 1. The molecule has 0 radical (unpaired) electrons. The molecule has 1 aromatic heterocycles. The molecule has 1 aromatic carbocycles. The van der Waals surface area contributed by atoms with Crippen molar-refractivity contribution in [2.45, 2.75) is 0 Å². The van der Waals surface area contributed by atoms with Gasteiger partial charge in [-0.25, -0.2) is 0 Å². The van der Waals surface area contributed by atoms with Gasteiger partial charge >= 0.3 is 0 Å². The summed E-state index contributed by atoms with van der Waals surface area (Å²) in [6.45, 7) is -0.326. The summed E-state index contributed by atoms with van der Waals surface area (Å²) in [6.07, 6.45) is 1.34. The fraction of sp³-hybridized carbons (Fsp3) is 0.0769. The highest BCUT2D eigenvalue weighted by Crippen LogP contribution is 2.27. The standard InChI is InChI=1S/C13H9BrClNO4/c14-8-3-4-10(9(15)6-8)20-7-12(17)16-13(18)11-2-1-5-19-11/h1-6H,7H2,(H,16,17,18). The Bertz CT molecular complexity index is 627. The van der Waals surface area contributed by atoms with E-state index in [1.54, 1.807) is 24.3 Å². The second-order valence-electron chi connectivity index (χ2n) is 3.72. The van der Waals surface area contributed by atoms with E-state index in [1.807, 2.05) is 0 Å². The average molecular weight is 359 g/mol.